The quantitative estimate of drug-likeness (QED) is 0.805. The van der Waals surface area contributed by atoms with Gasteiger partial charge in [0.1, 0.15) is 5.75 Å². The molecule has 0 atom stereocenters. The lowest BCUT2D eigenvalue weighted by Crippen LogP contribution is -2.28. The molecule has 0 aliphatic carbocycles. The molecule has 1 aliphatic rings. The summed E-state index contributed by atoms with van der Waals surface area (Å²) in [6.07, 6.45) is 0. The molecule has 2 heteroatoms. The van der Waals surface area contributed by atoms with Crippen molar-refractivity contribution < 1.29 is 4.74 Å². The van der Waals surface area contributed by atoms with E-state index in [-0.39, 0.29) is 5.41 Å². The number of fused-ring (bicyclic) bond motifs is 3. The van der Waals surface area contributed by atoms with Crippen LogP contribution in [0, 0.1) is 0 Å². The maximum absolute atomic E-state index is 5.33. The van der Waals surface area contributed by atoms with Crippen LogP contribution in [0.25, 0.3) is 10.8 Å². The fourth-order valence-electron chi connectivity index (χ4n) is 3.32. The van der Waals surface area contributed by atoms with Crippen LogP contribution in [-0.2, 0) is 5.41 Å². The van der Waals surface area contributed by atoms with Crippen LogP contribution in [0.3, 0.4) is 0 Å². The van der Waals surface area contributed by atoms with Crippen molar-refractivity contribution in [3.05, 3.63) is 35.9 Å². The van der Waals surface area contributed by atoms with Gasteiger partial charge in [-0.1, -0.05) is 26.0 Å². The monoisotopic (exact) mass is 255 g/mol. The average Bonchev–Trinajstić information content (AvgIpc) is 2.69. The Morgan fingerprint density at radius 2 is 2.00 bits per heavy atom. The molecule has 2 aromatic rings. The van der Waals surface area contributed by atoms with Crippen LogP contribution in [0.5, 0.6) is 5.75 Å². The van der Waals surface area contributed by atoms with Crippen molar-refractivity contribution in [2.45, 2.75) is 26.2 Å². The van der Waals surface area contributed by atoms with Crippen LogP contribution in [0.2, 0.25) is 0 Å². The van der Waals surface area contributed by atoms with Gasteiger partial charge in [-0.3, -0.25) is 0 Å². The van der Waals surface area contributed by atoms with Crippen molar-refractivity contribution in [3.63, 3.8) is 0 Å². The van der Waals surface area contributed by atoms with E-state index in [0.29, 0.717) is 0 Å². The Morgan fingerprint density at radius 3 is 2.68 bits per heavy atom. The first-order chi connectivity index (χ1) is 9.06. The first-order valence-electron chi connectivity index (χ1n) is 6.93. The summed E-state index contributed by atoms with van der Waals surface area (Å²) >= 11 is 0. The summed E-state index contributed by atoms with van der Waals surface area (Å²) in [7, 11) is 1.72. The molecule has 19 heavy (non-hydrogen) atoms. The van der Waals surface area contributed by atoms with E-state index in [1.165, 1.54) is 22.0 Å². The van der Waals surface area contributed by atoms with Crippen molar-refractivity contribution in [1.29, 1.82) is 0 Å². The van der Waals surface area contributed by atoms with E-state index in [0.717, 1.165) is 18.8 Å². The Hall–Kier alpha value is -1.70. The molecule has 0 saturated carbocycles. The normalized spacial score (nSPS) is 16.7. The molecule has 0 bridgehead atoms. The van der Waals surface area contributed by atoms with E-state index in [1.807, 2.05) is 0 Å². The summed E-state index contributed by atoms with van der Waals surface area (Å²) in [4.78, 5) is 2.47. The number of likely N-dealkylation sites (N-methyl/N-ethyl adjacent to an activating group) is 1. The highest BCUT2D eigenvalue weighted by atomic mass is 16.5. The van der Waals surface area contributed by atoms with E-state index in [2.05, 4.69) is 56.0 Å². The fraction of sp³-hybridized carbons (Fsp3) is 0.412. The minimum atomic E-state index is 0.208. The molecule has 1 heterocycles. The molecular weight excluding hydrogens is 234 g/mol. The van der Waals surface area contributed by atoms with Crippen molar-refractivity contribution in [3.8, 4) is 5.75 Å². The lowest BCUT2D eigenvalue weighted by Gasteiger charge is -2.21. The molecule has 2 aromatic carbocycles. The predicted octanol–water partition coefficient (Wildman–Crippen LogP) is 3.97. The van der Waals surface area contributed by atoms with E-state index in [1.54, 1.807) is 7.11 Å². The molecule has 2 nitrogen and oxygen atoms in total. The minimum Gasteiger partial charge on any atom is -0.497 e. The van der Waals surface area contributed by atoms with Gasteiger partial charge in [0, 0.05) is 24.2 Å². The van der Waals surface area contributed by atoms with Crippen molar-refractivity contribution >= 4 is 16.5 Å². The van der Waals surface area contributed by atoms with E-state index in [9.17, 15) is 0 Å². The Balaban J connectivity index is 2.29. The molecule has 0 aromatic heterocycles. The third-order valence-corrected chi connectivity index (χ3v) is 4.19. The molecule has 0 amide bonds. The first kappa shape index (κ1) is 12.3. The summed E-state index contributed by atoms with van der Waals surface area (Å²) < 4.78 is 5.33. The van der Waals surface area contributed by atoms with Gasteiger partial charge < -0.3 is 9.64 Å². The summed E-state index contributed by atoms with van der Waals surface area (Å²) in [6.45, 7) is 9.07. The largest absolute Gasteiger partial charge is 0.497 e. The van der Waals surface area contributed by atoms with Crippen LogP contribution in [0.1, 0.15) is 26.3 Å². The zero-order valence-corrected chi connectivity index (χ0v) is 12.2. The Labute approximate surface area is 115 Å². The fourth-order valence-corrected chi connectivity index (χ4v) is 3.32. The molecule has 0 saturated heterocycles. The van der Waals surface area contributed by atoms with Crippen molar-refractivity contribution in [1.82, 2.24) is 0 Å². The average molecular weight is 255 g/mol. The van der Waals surface area contributed by atoms with Crippen LogP contribution < -0.4 is 9.64 Å². The molecule has 100 valence electrons. The SMILES string of the molecule is CCN1CC(C)(C)c2c1ccc1cc(OC)ccc21. The van der Waals surface area contributed by atoms with Gasteiger partial charge in [0.15, 0.2) is 0 Å². The molecule has 0 spiro atoms. The number of hydrogen-bond acceptors (Lipinski definition) is 2. The maximum atomic E-state index is 5.33. The van der Waals surface area contributed by atoms with Gasteiger partial charge in [0.2, 0.25) is 0 Å². The smallest absolute Gasteiger partial charge is 0.119 e. The number of hydrogen-bond donors (Lipinski definition) is 0. The van der Waals surface area contributed by atoms with Crippen molar-refractivity contribution in [2.75, 3.05) is 25.1 Å². The third-order valence-electron chi connectivity index (χ3n) is 4.19. The highest BCUT2D eigenvalue weighted by Crippen LogP contribution is 2.44. The van der Waals surface area contributed by atoms with Gasteiger partial charge in [-0.05, 0) is 41.5 Å². The molecule has 0 radical (unpaired) electrons. The number of anilines is 1. The molecule has 0 N–H and O–H groups in total. The van der Waals surface area contributed by atoms with Crippen LogP contribution in [0.4, 0.5) is 5.69 Å². The van der Waals surface area contributed by atoms with E-state index < -0.39 is 0 Å². The molecule has 0 fully saturated rings. The van der Waals surface area contributed by atoms with Gasteiger partial charge in [-0.15, -0.1) is 0 Å². The molecule has 3 rings (SSSR count). The van der Waals surface area contributed by atoms with Gasteiger partial charge in [0.05, 0.1) is 7.11 Å². The van der Waals surface area contributed by atoms with E-state index in [4.69, 9.17) is 4.74 Å². The lowest BCUT2D eigenvalue weighted by atomic mass is 9.83. The molecule has 1 aliphatic heterocycles. The zero-order valence-electron chi connectivity index (χ0n) is 12.2. The standard InChI is InChI=1S/C17H21NO/c1-5-18-11-17(2,3)16-14-8-7-13(19-4)10-12(14)6-9-15(16)18/h6-10H,5,11H2,1-4H3. The highest BCUT2D eigenvalue weighted by Gasteiger charge is 2.35. The lowest BCUT2D eigenvalue weighted by molar-refractivity contribution is 0.415. The summed E-state index contributed by atoms with van der Waals surface area (Å²) in [5, 5.41) is 2.63. The number of ether oxygens (including phenoxy) is 1. The number of methoxy groups -OCH3 is 1. The third kappa shape index (κ3) is 1.78. The number of nitrogens with zero attached hydrogens (tertiary/aromatic N) is 1. The first-order valence-corrected chi connectivity index (χ1v) is 6.93. The van der Waals surface area contributed by atoms with Crippen LogP contribution >= 0.6 is 0 Å². The Morgan fingerprint density at radius 1 is 1.21 bits per heavy atom. The summed E-state index contributed by atoms with van der Waals surface area (Å²) in [5.74, 6) is 0.926. The zero-order chi connectivity index (χ0) is 13.6. The topological polar surface area (TPSA) is 12.5 Å². The van der Waals surface area contributed by atoms with Gasteiger partial charge in [0.25, 0.3) is 0 Å². The molecular formula is C17H21NO. The van der Waals surface area contributed by atoms with Crippen molar-refractivity contribution in [2.24, 2.45) is 0 Å². The van der Waals surface area contributed by atoms with E-state index >= 15 is 0 Å². The predicted molar refractivity (Wildman–Crippen MR) is 81.4 cm³/mol. The number of benzene rings is 2. The molecule has 0 unspecified atom stereocenters. The minimum absolute atomic E-state index is 0.208. The van der Waals surface area contributed by atoms with Crippen LogP contribution in [-0.4, -0.2) is 20.2 Å². The summed E-state index contributed by atoms with van der Waals surface area (Å²) in [5.41, 5.74) is 3.08. The Kier molecular flexibility index (Phi) is 2.70. The van der Waals surface area contributed by atoms with Crippen LogP contribution in [0.15, 0.2) is 30.3 Å². The summed E-state index contributed by atoms with van der Waals surface area (Å²) in [6, 6.07) is 10.9. The second-order valence-corrected chi connectivity index (χ2v) is 5.94. The van der Waals surface area contributed by atoms with Gasteiger partial charge >= 0.3 is 0 Å². The second kappa shape index (κ2) is 4.16. The Bertz CT molecular complexity index is 630. The number of rotatable bonds is 2. The van der Waals surface area contributed by atoms with Gasteiger partial charge in [-0.25, -0.2) is 0 Å². The highest BCUT2D eigenvalue weighted by molar-refractivity contribution is 5.93. The maximum Gasteiger partial charge on any atom is 0.119 e. The second-order valence-electron chi connectivity index (χ2n) is 5.94. The van der Waals surface area contributed by atoms with Gasteiger partial charge in [-0.2, -0.15) is 0 Å².